The van der Waals surface area contributed by atoms with Crippen molar-refractivity contribution < 1.29 is 18.7 Å². The average Bonchev–Trinajstić information content (AvgIpc) is 3.45. The Morgan fingerprint density at radius 3 is 2.39 bits per heavy atom. The third kappa shape index (κ3) is 5.47. The van der Waals surface area contributed by atoms with Crippen LogP contribution in [-0.4, -0.2) is 40.1 Å². The number of ether oxygens (including phenoxy) is 1. The van der Waals surface area contributed by atoms with Crippen LogP contribution < -0.4 is 15.6 Å². The summed E-state index contributed by atoms with van der Waals surface area (Å²) in [6.45, 7) is 0. The van der Waals surface area contributed by atoms with E-state index in [1.807, 2.05) is 0 Å². The minimum absolute atomic E-state index is 0.0123. The number of hydrogen-bond acceptors (Lipinski definition) is 6. The summed E-state index contributed by atoms with van der Waals surface area (Å²) in [5.74, 6) is -0.224. The van der Waals surface area contributed by atoms with E-state index >= 15 is 0 Å². The van der Waals surface area contributed by atoms with Crippen molar-refractivity contribution in [2.45, 2.75) is 36.9 Å². The van der Waals surface area contributed by atoms with Crippen LogP contribution in [0.4, 0.5) is 4.39 Å². The van der Waals surface area contributed by atoms with Gasteiger partial charge in [0.05, 0.1) is 29.5 Å². The molecule has 1 aliphatic rings. The molecule has 1 heterocycles. The smallest absolute Gasteiger partial charge is 0.266 e. The van der Waals surface area contributed by atoms with Gasteiger partial charge in [0.2, 0.25) is 0 Å². The number of Topliss-reactive ketones (excluding diaryl/α,β-unsaturated/α-hetero) is 1. The Morgan fingerprint density at radius 1 is 1.03 bits per heavy atom. The number of halogens is 1. The van der Waals surface area contributed by atoms with E-state index < -0.39 is 5.82 Å². The molecule has 0 radical (unpaired) electrons. The molecule has 1 fully saturated rings. The number of thioether (sulfide) groups is 1. The number of hydrogen-bond donors (Lipinski definition) is 1. The quantitative estimate of drug-likeness (QED) is 0.191. The highest BCUT2D eigenvalue weighted by atomic mass is 32.2. The van der Waals surface area contributed by atoms with Crippen LogP contribution in [0.5, 0.6) is 5.75 Å². The van der Waals surface area contributed by atoms with Gasteiger partial charge in [-0.05, 0) is 79.6 Å². The standard InChI is InChI=1S/C29H26FN3O4S/c1-37-23-13-11-22(12-14-23)33-28(36)24-15-8-19(27(35)31-21-4-2-3-5-21)16-25(24)32-29(33)38-17-26(34)18-6-9-20(30)10-7-18/h6-16,21H,2-5,17H2,1H3,(H,31,35). The van der Waals surface area contributed by atoms with Gasteiger partial charge in [-0.1, -0.05) is 24.6 Å². The molecule has 1 N–H and O–H groups in total. The van der Waals surface area contributed by atoms with Crippen LogP contribution in [0.15, 0.2) is 76.7 Å². The summed E-state index contributed by atoms with van der Waals surface area (Å²) in [5.41, 5.74) is 1.40. The Balaban J connectivity index is 1.52. The molecule has 194 valence electrons. The molecule has 0 atom stereocenters. The summed E-state index contributed by atoms with van der Waals surface area (Å²) >= 11 is 1.11. The van der Waals surface area contributed by atoms with Crippen molar-refractivity contribution in [3.63, 3.8) is 0 Å². The van der Waals surface area contributed by atoms with Gasteiger partial charge in [0, 0.05) is 17.2 Å². The second kappa shape index (κ2) is 11.2. The van der Waals surface area contributed by atoms with Gasteiger partial charge < -0.3 is 10.1 Å². The Labute approximate surface area is 223 Å². The van der Waals surface area contributed by atoms with Crippen LogP contribution in [0.2, 0.25) is 0 Å². The molecule has 1 aromatic heterocycles. The van der Waals surface area contributed by atoms with Crippen molar-refractivity contribution in [3.05, 3.63) is 94.0 Å². The minimum Gasteiger partial charge on any atom is -0.497 e. The van der Waals surface area contributed by atoms with E-state index in [-0.39, 0.29) is 29.0 Å². The first kappa shape index (κ1) is 25.7. The first-order chi connectivity index (χ1) is 18.4. The lowest BCUT2D eigenvalue weighted by Crippen LogP contribution is -2.32. The number of nitrogens with zero attached hydrogens (tertiary/aromatic N) is 2. The summed E-state index contributed by atoms with van der Waals surface area (Å²) < 4.78 is 20.0. The molecular formula is C29H26FN3O4S. The predicted octanol–water partition coefficient (Wildman–Crippen LogP) is 5.18. The SMILES string of the molecule is COc1ccc(-n2c(SCC(=O)c3ccc(F)cc3)nc3cc(C(=O)NC4CCCC4)ccc3c2=O)cc1. The Kier molecular flexibility index (Phi) is 7.55. The Bertz CT molecular complexity index is 1550. The maximum Gasteiger partial charge on any atom is 0.266 e. The lowest BCUT2D eigenvalue weighted by Gasteiger charge is -2.15. The van der Waals surface area contributed by atoms with Gasteiger partial charge in [-0.2, -0.15) is 0 Å². The van der Waals surface area contributed by atoms with Crippen molar-refractivity contribution in [3.8, 4) is 11.4 Å². The molecule has 0 spiro atoms. The van der Waals surface area contributed by atoms with Crippen LogP contribution in [0, 0.1) is 5.82 Å². The highest BCUT2D eigenvalue weighted by molar-refractivity contribution is 7.99. The van der Waals surface area contributed by atoms with Crippen LogP contribution in [0.25, 0.3) is 16.6 Å². The highest BCUT2D eigenvalue weighted by Crippen LogP contribution is 2.25. The first-order valence-corrected chi connectivity index (χ1v) is 13.3. The summed E-state index contributed by atoms with van der Waals surface area (Å²) in [6.07, 6.45) is 4.14. The summed E-state index contributed by atoms with van der Waals surface area (Å²) in [6, 6.07) is 17.3. The zero-order valence-electron chi connectivity index (χ0n) is 20.8. The molecule has 5 rings (SSSR count). The molecule has 38 heavy (non-hydrogen) atoms. The predicted molar refractivity (Wildman–Crippen MR) is 145 cm³/mol. The molecule has 0 unspecified atom stereocenters. The number of fused-ring (bicyclic) bond motifs is 1. The lowest BCUT2D eigenvalue weighted by atomic mass is 10.1. The number of methoxy groups -OCH3 is 1. The van der Waals surface area contributed by atoms with Gasteiger partial charge in [0.25, 0.3) is 11.5 Å². The number of rotatable bonds is 8. The van der Waals surface area contributed by atoms with Crippen LogP contribution >= 0.6 is 11.8 Å². The van der Waals surface area contributed by atoms with Gasteiger partial charge in [-0.25, -0.2) is 9.37 Å². The molecule has 1 saturated carbocycles. The topological polar surface area (TPSA) is 90.3 Å². The lowest BCUT2D eigenvalue weighted by molar-refractivity contribution is 0.0937. The normalized spacial score (nSPS) is 13.5. The van der Waals surface area contributed by atoms with E-state index in [0.29, 0.717) is 38.6 Å². The van der Waals surface area contributed by atoms with Gasteiger partial charge in [-0.15, -0.1) is 0 Å². The summed E-state index contributed by atoms with van der Waals surface area (Å²) in [7, 11) is 1.56. The van der Waals surface area contributed by atoms with E-state index in [9.17, 15) is 18.8 Å². The molecule has 3 aromatic carbocycles. The zero-order chi connectivity index (χ0) is 26.6. The molecule has 4 aromatic rings. The van der Waals surface area contributed by atoms with Gasteiger partial charge >= 0.3 is 0 Å². The fraction of sp³-hybridized carbons (Fsp3) is 0.241. The maximum absolute atomic E-state index is 13.7. The molecular weight excluding hydrogens is 505 g/mol. The molecule has 1 aliphatic carbocycles. The second-order valence-electron chi connectivity index (χ2n) is 9.14. The summed E-state index contributed by atoms with van der Waals surface area (Å²) in [4.78, 5) is 44.0. The third-order valence-electron chi connectivity index (χ3n) is 6.62. The average molecular weight is 532 g/mol. The van der Waals surface area contributed by atoms with Crippen molar-refractivity contribution in [1.82, 2.24) is 14.9 Å². The molecule has 7 nitrogen and oxygen atoms in total. The number of aromatic nitrogens is 2. The number of carbonyl (C=O) groups is 2. The van der Waals surface area contributed by atoms with E-state index in [0.717, 1.165) is 37.4 Å². The van der Waals surface area contributed by atoms with E-state index in [1.165, 1.54) is 28.8 Å². The van der Waals surface area contributed by atoms with E-state index in [4.69, 9.17) is 9.72 Å². The fourth-order valence-electron chi connectivity index (χ4n) is 4.55. The number of benzene rings is 3. The Morgan fingerprint density at radius 2 is 1.71 bits per heavy atom. The number of amides is 1. The van der Waals surface area contributed by atoms with E-state index in [1.54, 1.807) is 49.6 Å². The van der Waals surface area contributed by atoms with Crippen molar-refractivity contribution in [2.24, 2.45) is 0 Å². The molecule has 0 aliphatic heterocycles. The minimum atomic E-state index is -0.425. The Hall–Kier alpha value is -3.98. The fourth-order valence-corrected chi connectivity index (χ4v) is 5.46. The number of carbonyl (C=O) groups excluding carboxylic acids is 2. The molecule has 0 saturated heterocycles. The number of nitrogens with one attached hydrogen (secondary N) is 1. The van der Waals surface area contributed by atoms with Gasteiger partial charge in [0.1, 0.15) is 11.6 Å². The third-order valence-corrected chi connectivity index (χ3v) is 7.56. The summed E-state index contributed by atoms with van der Waals surface area (Å²) in [5, 5.41) is 3.72. The molecule has 1 amide bonds. The highest BCUT2D eigenvalue weighted by Gasteiger charge is 2.20. The van der Waals surface area contributed by atoms with Crippen LogP contribution in [-0.2, 0) is 0 Å². The first-order valence-electron chi connectivity index (χ1n) is 12.4. The zero-order valence-corrected chi connectivity index (χ0v) is 21.6. The van der Waals surface area contributed by atoms with Crippen LogP contribution in [0.3, 0.4) is 0 Å². The molecule has 0 bridgehead atoms. The second-order valence-corrected chi connectivity index (χ2v) is 10.1. The van der Waals surface area contributed by atoms with E-state index in [2.05, 4.69) is 5.32 Å². The largest absolute Gasteiger partial charge is 0.497 e. The monoisotopic (exact) mass is 531 g/mol. The van der Waals surface area contributed by atoms with Crippen LogP contribution in [0.1, 0.15) is 46.4 Å². The van der Waals surface area contributed by atoms with Crippen molar-refractivity contribution >= 4 is 34.4 Å². The van der Waals surface area contributed by atoms with Gasteiger partial charge in [-0.3, -0.25) is 19.0 Å². The molecule has 9 heteroatoms. The van der Waals surface area contributed by atoms with Gasteiger partial charge in [0.15, 0.2) is 10.9 Å². The maximum atomic E-state index is 13.7. The number of ketones is 1. The van der Waals surface area contributed by atoms with Crippen molar-refractivity contribution in [1.29, 1.82) is 0 Å². The van der Waals surface area contributed by atoms with Crippen molar-refractivity contribution in [2.75, 3.05) is 12.9 Å².